The van der Waals surface area contributed by atoms with Crippen LogP contribution in [0.3, 0.4) is 0 Å². The maximum absolute atomic E-state index is 12.4. The van der Waals surface area contributed by atoms with Gasteiger partial charge in [0.05, 0.1) is 0 Å². The largest absolute Gasteiger partial charge is 0.326 e. The van der Waals surface area contributed by atoms with Crippen LogP contribution in [0.4, 0.5) is 0 Å². The summed E-state index contributed by atoms with van der Waals surface area (Å²) in [6, 6.07) is 0. The highest BCUT2D eigenvalue weighted by atomic mass is 31.1. The van der Waals surface area contributed by atoms with Crippen molar-refractivity contribution in [2.75, 3.05) is 6.79 Å². The molecule has 26 heavy (non-hydrogen) atoms. The molecule has 0 aromatic rings. The predicted octanol–water partition coefficient (Wildman–Crippen LogP) is 4.14. The highest BCUT2D eigenvalue weighted by molar-refractivity contribution is 7.33. The molecule has 0 amide bonds. The number of nitrogens with zero attached hydrogens (tertiary/aromatic N) is 1. The Morgan fingerprint density at radius 3 is 1.62 bits per heavy atom. The number of hydrogen-bond acceptors (Lipinski definition) is 7. The Hall–Kier alpha value is -0.300. The van der Waals surface area contributed by atoms with E-state index in [1.165, 1.54) is 0 Å². The van der Waals surface area contributed by atoms with Crippen molar-refractivity contribution in [2.24, 2.45) is 23.7 Å². The fourth-order valence-corrected chi connectivity index (χ4v) is 5.74. The van der Waals surface area contributed by atoms with Crippen LogP contribution >= 0.6 is 16.5 Å². The van der Waals surface area contributed by atoms with Crippen molar-refractivity contribution in [3.05, 3.63) is 10.1 Å². The van der Waals surface area contributed by atoms with E-state index in [0.717, 1.165) is 0 Å². The van der Waals surface area contributed by atoms with Gasteiger partial charge >= 0.3 is 16.5 Å². The first kappa shape index (κ1) is 25.7. The lowest BCUT2D eigenvalue weighted by Gasteiger charge is -2.52. The van der Waals surface area contributed by atoms with Gasteiger partial charge in [0.2, 0.25) is 0 Å². The van der Waals surface area contributed by atoms with Crippen LogP contribution in [0.15, 0.2) is 0 Å². The topological polar surface area (TPSA) is 125 Å². The standard InChI is InChI=1S/C15H33NO8P2/c1-10(2)14(11(3)4,16(17)18)15(12(5)6,13(7)8)24-26(21)23-9-22-25(19)20/h10-13,25-26H,9H2,1-8H3,(H,19,20). The van der Waals surface area contributed by atoms with Gasteiger partial charge in [0.25, 0.3) is 5.54 Å². The van der Waals surface area contributed by atoms with Gasteiger partial charge in [-0.15, -0.1) is 0 Å². The monoisotopic (exact) mass is 417 g/mol. The number of hydrogen-bond donors (Lipinski definition) is 1. The number of rotatable bonds is 12. The zero-order valence-corrected chi connectivity index (χ0v) is 18.8. The van der Waals surface area contributed by atoms with Crippen molar-refractivity contribution >= 4 is 16.5 Å². The van der Waals surface area contributed by atoms with E-state index in [0.29, 0.717) is 0 Å². The fourth-order valence-electron chi connectivity index (χ4n) is 4.34. The maximum atomic E-state index is 12.4. The van der Waals surface area contributed by atoms with Crippen LogP contribution in [-0.2, 0) is 22.7 Å². The Bertz CT molecular complexity index is 506. The third kappa shape index (κ3) is 4.94. The second-order valence-corrected chi connectivity index (χ2v) is 9.33. The Morgan fingerprint density at radius 2 is 1.35 bits per heavy atom. The molecule has 0 saturated carbocycles. The van der Waals surface area contributed by atoms with Gasteiger partial charge in [-0.05, 0) is 11.8 Å². The first-order chi connectivity index (χ1) is 11.8. The molecule has 9 nitrogen and oxygen atoms in total. The molecule has 0 saturated heterocycles. The van der Waals surface area contributed by atoms with Crippen LogP contribution in [0.25, 0.3) is 0 Å². The molecule has 0 aliphatic heterocycles. The van der Waals surface area contributed by atoms with E-state index < -0.39 is 46.3 Å². The zero-order chi connectivity index (χ0) is 20.9. The van der Waals surface area contributed by atoms with Crippen LogP contribution in [-0.4, -0.2) is 27.7 Å². The smallest absolute Gasteiger partial charge is 0.322 e. The first-order valence-corrected chi connectivity index (χ1v) is 11.1. The molecule has 0 rings (SSSR count). The van der Waals surface area contributed by atoms with Gasteiger partial charge in [-0.25, -0.2) is 0 Å². The lowest BCUT2D eigenvalue weighted by molar-refractivity contribution is -0.618. The minimum Gasteiger partial charge on any atom is -0.326 e. The third-order valence-electron chi connectivity index (χ3n) is 5.02. The zero-order valence-electron chi connectivity index (χ0n) is 16.8. The van der Waals surface area contributed by atoms with E-state index in [1.807, 2.05) is 0 Å². The van der Waals surface area contributed by atoms with Gasteiger partial charge in [-0.3, -0.25) is 32.8 Å². The second-order valence-electron chi connectivity index (χ2n) is 7.52. The van der Waals surface area contributed by atoms with Crippen LogP contribution in [0.2, 0.25) is 0 Å². The Labute approximate surface area is 156 Å². The van der Waals surface area contributed by atoms with Crippen LogP contribution in [0.1, 0.15) is 55.4 Å². The van der Waals surface area contributed by atoms with Gasteiger partial charge in [0.1, 0.15) is 0 Å². The second kappa shape index (κ2) is 10.3. The summed E-state index contributed by atoms with van der Waals surface area (Å²) < 4.78 is 38.1. The molecule has 0 radical (unpaired) electrons. The maximum Gasteiger partial charge on any atom is 0.322 e. The molecule has 0 bridgehead atoms. The van der Waals surface area contributed by atoms with Crippen molar-refractivity contribution in [1.82, 2.24) is 0 Å². The summed E-state index contributed by atoms with van der Waals surface area (Å²) >= 11 is 0. The molecule has 1 N–H and O–H groups in total. The highest BCUT2D eigenvalue weighted by Crippen LogP contribution is 2.54. The van der Waals surface area contributed by atoms with Gasteiger partial charge in [0.15, 0.2) is 12.4 Å². The molecule has 0 spiro atoms. The first-order valence-electron chi connectivity index (χ1n) is 8.64. The Morgan fingerprint density at radius 1 is 0.923 bits per heavy atom. The quantitative estimate of drug-likeness (QED) is 0.217. The van der Waals surface area contributed by atoms with E-state index in [9.17, 15) is 19.2 Å². The van der Waals surface area contributed by atoms with Crippen LogP contribution < -0.4 is 0 Å². The summed E-state index contributed by atoms with van der Waals surface area (Å²) in [6.07, 6.45) is 0. The molecule has 0 aliphatic carbocycles. The Kier molecular flexibility index (Phi) is 10.2. The van der Waals surface area contributed by atoms with E-state index in [-0.39, 0.29) is 16.8 Å². The van der Waals surface area contributed by atoms with E-state index >= 15 is 0 Å². The van der Waals surface area contributed by atoms with E-state index in [1.54, 1.807) is 55.4 Å². The summed E-state index contributed by atoms with van der Waals surface area (Å²) in [5.74, 6) is -1.54. The van der Waals surface area contributed by atoms with Gasteiger partial charge in [0, 0.05) is 16.8 Å². The minimum atomic E-state index is -3.23. The van der Waals surface area contributed by atoms with Gasteiger partial charge in [-0.1, -0.05) is 55.4 Å². The molecular formula is C15H33NO8P2. The average Bonchev–Trinajstić information content (AvgIpc) is 2.44. The van der Waals surface area contributed by atoms with E-state index in [2.05, 4.69) is 4.52 Å². The third-order valence-corrected chi connectivity index (χ3v) is 6.24. The average molecular weight is 417 g/mol. The van der Waals surface area contributed by atoms with E-state index in [4.69, 9.17) is 13.9 Å². The SMILES string of the molecule is CC(C)C(O[PH](=O)OCO[PH](=O)O)(C(C)C)C(C(C)C)(C(C)C)[N+](=O)[O-]. The molecular weight excluding hydrogens is 384 g/mol. The summed E-state index contributed by atoms with van der Waals surface area (Å²) in [4.78, 5) is 20.7. The van der Waals surface area contributed by atoms with Crippen molar-refractivity contribution in [3.63, 3.8) is 0 Å². The molecule has 0 fully saturated rings. The minimum absolute atomic E-state index is 0.319. The van der Waals surface area contributed by atoms with Crippen molar-refractivity contribution in [3.8, 4) is 0 Å². The lowest BCUT2D eigenvalue weighted by Crippen LogP contribution is -2.70. The normalized spacial score (nSPS) is 15.9. The lowest BCUT2D eigenvalue weighted by atomic mass is 9.58. The summed E-state index contributed by atoms with van der Waals surface area (Å²) in [6.45, 7) is 13.5. The molecule has 156 valence electrons. The predicted molar refractivity (Wildman–Crippen MR) is 100 cm³/mol. The molecule has 0 aromatic heterocycles. The molecule has 0 heterocycles. The number of nitro groups is 1. The van der Waals surface area contributed by atoms with Gasteiger partial charge in [-0.2, -0.15) is 0 Å². The van der Waals surface area contributed by atoms with Crippen molar-refractivity contribution in [1.29, 1.82) is 0 Å². The molecule has 2 unspecified atom stereocenters. The summed E-state index contributed by atoms with van der Waals surface area (Å²) in [5.41, 5.74) is -2.91. The molecule has 0 aromatic carbocycles. The van der Waals surface area contributed by atoms with Gasteiger partial charge < -0.3 is 4.89 Å². The molecule has 0 aliphatic rings. The summed E-state index contributed by atoms with van der Waals surface area (Å²) in [7, 11) is -6.46. The van der Waals surface area contributed by atoms with Crippen LogP contribution in [0, 0.1) is 33.8 Å². The van der Waals surface area contributed by atoms with Crippen molar-refractivity contribution in [2.45, 2.75) is 66.5 Å². The fraction of sp³-hybridized carbons (Fsp3) is 1.00. The highest BCUT2D eigenvalue weighted by Gasteiger charge is 2.69. The molecule has 11 heteroatoms. The van der Waals surface area contributed by atoms with Crippen molar-refractivity contribution < 1.29 is 32.5 Å². The molecule has 2 atom stereocenters. The summed E-state index contributed by atoms with van der Waals surface area (Å²) in [5, 5.41) is 12.3. The van der Waals surface area contributed by atoms with Crippen LogP contribution in [0.5, 0.6) is 0 Å². The Balaban J connectivity index is 6.22.